The molecule has 4 rings (SSSR count). The fourth-order valence-electron chi connectivity index (χ4n) is 4.55. The number of amides is 2. The molecule has 0 spiro atoms. The van der Waals surface area contributed by atoms with E-state index < -0.39 is 40.4 Å². The van der Waals surface area contributed by atoms with Crippen molar-refractivity contribution >= 4 is 39.3 Å². The average Bonchev–Trinajstić information content (AvgIpc) is 3.60. The molecule has 3 atom stereocenters. The van der Waals surface area contributed by atoms with Crippen LogP contribution in [0.3, 0.4) is 0 Å². The minimum absolute atomic E-state index is 0.0524. The summed E-state index contributed by atoms with van der Waals surface area (Å²) in [5.41, 5.74) is 0.468. The van der Waals surface area contributed by atoms with E-state index in [9.17, 15) is 22.4 Å². The smallest absolute Gasteiger partial charge is 0.280 e. The Labute approximate surface area is 216 Å². The van der Waals surface area contributed by atoms with Crippen molar-refractivity contribution in [2.45, 2.75) is 57.2 Å². The van der Waals surface area contributed by atoms with Gasteiger partial charge < -0.3 is 5.32 Å². The summed E-state index contributed by atoms with van der Waals surface area (Å²) in [6.45, 7) is 1.51. The molecule has 2 aromatic carbocycles. The van der Waals surface area contributed by atoms with Gasteiger partial charge in [0.15, 0.2) is 0 Å². The van der Waals surface area contributed by atoms with Crippen molar-refractivity contribution < 1.29 is 22.4 Å². The quantitative estimate of drug-likeness (QED) is 0.479. The fourth-order valence-corrected chi connectivity index (χ4v) is 6.15. The zero-order valence-electron chi connectivity index (χ0n) is 20.0. The monoisotopic (exact) mass is 536 g/mol. The number of halogens is 2. The lowest BCUT2D eigenvalue weighted by molar-refractivity contribution is -0.127. The van der Waals surface area contributed by atoms with Gasteiger partial charge in [-0.25, -0.2) is 4.39 Å². The van der Waals surface area contributed by atoms with E-state index in [1.165, 1.54) is 22.5 Å². The second-order valence-electron chi connectivity index (χ2n) is 9.26. The Bertz CT molecular complexity index is 1220. The summed E-state index contributed by atoms with van der Waals surface area (Å²) in [6.07, 6.45) is 4.73. The van der Waals surface area contributed by atoms with E-state index in [1.807, 2.05) is 0 Å². The van der Waals surface area contributed by atoms with E-state index in [2.05, 4.69) is 10.0 Å². The molecule has 2 amide bonds. The molecule has 1 heterocycles. The van der Waals surface area contributed by atoms with Crippen LogP contribution in [0.25, 0.3) is 0 Å². The average molecular weight is 537 g/mol. The van der Waals surface area contributed by atoms with Crippen LogP contribution in [-0.2, 0) is 19.8 Å². The van der Waals surface area contributed by atoms with Gasteiger partial charge in [-0.2, -0.15) is 17.4 Å². The predicted octanol–water partition coefficient (Wildman–Crippen LogP) is 3.54. The van der Waals surface area contributed by atoms with E-state index >= 15 is 0 Å². The van der Waals surface area contributed by atoms with Crippen molar-refractivity contribution in [1.82, 2.24) is 14.3 Å². The van der Waals surface area contributed by atoms with Crippen molar-refractivity contribution in [3.05, 3.63) is 64.9 Å². The molecule has 0 bridgehead atoms. The van der Waals surface area contributed by atoms with Gasteiger partial charge in [0, 0.05) is 34.9 Å². The van der Waals surface area contributed by atoms with E-state index in [0.29, 0.717) is 12.1 Å². The summed E-state index contributed by atoms with van der Waals surface area (Å²) < 4.78 is 42.8. The third-order valence-corrected chi connectivity index (χ3v) is 8.51. The molecule has 2 aliphatic rings. The molecule has 1 saturated carbocycles. The van der Waals surface area contributed by atoms with Gasteiger partial charge in [0.1, 0.15) is 11.9 Å². The normalized spacial score (nSPS) is 21.0. The number of carbonyl (C=O) groups is 2. The summed E-state index contributed by atoms with van der Waals surface area (Å²) in [6, 6.07) is 10.5. The lowest BCUT2D eigenvalue weighted by Crippen LogP contribution is -2.50. The third kappa shape index (κ3) is 6.23. The highest BCUT2D eigenvalue weighted by Crippen LogP contribution is 2.33. The minimum atomic E-state index is -3.86. The fraction of sp³-hybridized carbons (Fsp3) is 0.440. The molecule has 1 saturated heterocycles. The first kappa shape index (κ1) is 26.5. The van der Waals surface area contributed by atoms with Crippen molar-refractivity contribution in [2.75, 3.05) is 18.0 Å². The summed E-state index contributed by atoms with van der Waals surface area (Å²) in [4.78, 5) is 28.4. The summed E-state index contributed by atoms with van der Waals surface area (Å²) in [5.74, 6) is -1.79. The summed E-state index contributed by atoms with van der Waals surface area (Å²) in [7, 11) is -3.86. The van der Waals surface area contributed by atoms with E-state index in [-0.39, 0.29) is 22.8 Å². The molecule has 1 aliphatic carbocycles. The number of hydrogen-bond donors (Lipinski definition) is 2. The zero-order valence-corrected chi connectivity index (χ0v) is 21.6. The molecule has 36 heavy (non-hydrogen) atoms. The van der Waals surface area contributed by atoms with Crippen LogP contribution < -0.4 is 14.9 Å². The van der Waals surface area contributed by atoms with Gasteiger partial charge in [0.2, 0.25) is 11.8 Å². The highest BCUT2D eigenvalue weighted by atomic mass is 35.5. The number of nitrogens with zero attached hydrogens (tertiary/aromatic N) is 2. The van der Waals surface area contributed by atoms with Crippen LogP contribution in [0, 0.1) is 5.82 Å². The van der Waals surface area contributed by atoms with Crippen molar-refractivity contribution in [1.29, 1.82) is 0 Å². The van der Waals surface area contributed by atoms with Crippen LogP contribution in [0.15, 0.2) is 48.5 Å². The van der Waals surface area contributed by atoms with E-state index in [0.717, 1.165) is 43.1 Å². The number of nitrogens with one attached hydrogen (secondary N) is 2. The SMILES string of the molecule is C[C@@H]1CN1S(=O)(=O)NCC(=O)N(c1cccc(F)c1)C(C(=O)NC1CCCCC1)c1ccccc1Cl. The zero-order chi connectivity index (χ0) is 25.9. The van der Waals surface area contributed by atoms with Crippen LogP contribution in [-0.4, -0.2) is 49.7 Å². The molecule has 1 aliphatic heterocycles. The Balaban J connectivity index is 1.70. The van der Waals surface area contributed by atoms with Gasteiger partial charge in [-0.3, -0.25) is 14.5 Å². The maximum absolute atomic E-state index is 14.3. The van der Waals surface area contributed by atoms with Crippen molar-refractivity contribution in [2.24, 2.45) is 0 Å². The molecule has 194 valence electrons. The molecule has 0 radical (unpaired) electrons. The Morgan fingerprint density at radius 2 is 1.83 bits per heavy atom. The number of anilines is 1. The van der Waals surface area contributed by atoms with Crippen LogP contribution in [0.1, 0.15) is 50.6 Å². The maximum atomic E-state index is 14.3. The van der Waals surface area contributed by atoms with Crippen LogP contribution in [0.4, 0.5) is 10.1 Å². The topological polar surface area (TPSA) is 98.6 Å². The van der Waals surface area contributed by atoms with Gasteiger partial charge in [-0.15, -0.1) is 0 Å². The molecule has 0 aromatic heterocycles. The van der Waals surface area contributed by atoms with Gasteiger partial charge in [0.05, 0.1) is 6.54 Å². The number of benzene rings is 2. The molecule has 2 unspecified atom stereocenters. The second kappa shape index (κ2) is 11.2. The summed E-state index contributed by atoms with van der Waals surface area (Å²) in [5, 5.41) is 3.30. The molecule has 11 heteroatoms. The number of carbonyl (C=O) groups excluding carboxylic acids is 2. The maximum Gasteiger partial charge on any atom is 0.280 e. The Kier molecular flexibility index (Phi) is 8.29. The highest BCUT2D eigenvalue weighted by Gasteiger charge is 2.41. The Morgan fingerprint density at radius 3 is 2.47 bits per heavy atom. The standard InChI is InChI=1S/C25H30ClFN4O4S/c1-17-16-30(17)36(34,35)28-15-23(32)31(20-11-7-8-18(27)14-20)24(21-12-5-6-13-22(21)26)25(33)29-19-9-3-2-4-10-19/h5-8,11-14,17,19,24,28H,2-4,9-10,15-16H2,1H3,(H,29,33)/t17-,24?,30?/m1/s1. The van der Waals surface area contributed by atoms with Gasteiger partial charge in [0.25, 0.3) is 10.2 Å². The lowest BCUT2D eigenvalue weighted by atomic mass is 9.94. The van der Waals surface area contributed by atoms with Crippen molar-refractivity contribution in [3.63, 3.8) is 0 Å². The molecular weight excluding hydrogens is 507 g/mol. The highest BCUT2D eigenvalue weighted by molar-refractivity contribution is 7.87. The molecule has 2 fully saturated rings. The number of hydrogen-bond acceptors (Lipinski definition) is 4. The lowest BCUT2D eigenvalue weighted by Gasteiger charge is -2.34. The van der Waals surface area contributed by atoms with Gasteiger partial charge in [-0.1, -0.05) is 55.1 Å². The number of rotatable bonds is 9. The molecule has 2 N–H and O–H groups in total. The van der Waals surface area contributed by atoms with E-state index in [4.69, 9.17) is 11.6 Å². The summed E-state index contributed by atoms with van der Waals surface area (Å²) >= 11 is 6.48. The molecular formula is C25H30ClFN4O4S. The van der Waals surface area contributed by atoms with Crippen molar-refractivity contribution in [3.8, 4) is 0 Å². The predicted molar refractivity (Wildman–Crippen MR) is 136 cm³/mol. The first-order chi connectivity index (χ1) is 17.2. The van der Waals surface area contributed by atoms with Gasteiger partial charge in [-0.05, 0) is 44.0 Å². The first-order valence-corrected chi connectivity index (χ1v) is 13.9. The largest absolute Gasteiger partial charge is 0.351 e. The second-order valence-corrected chi connectivity index (χ2v) is 11.4. The Hall–Kier alpha value is -2.53. The van der Waals surface area contributed by atoms with Gasteiger partial charge >= 0.3 is 0 Å². The van der Waals surface area contributed by atoms with E-state index in [1.54, 1.807) is 31.2 Å². The van der Waals surface area contributed by atoms with Crippen LogP contribution in [0.2, 0.25) is 5.02 Å². The van der Waals surface area contributed by atoms with Crippen LogP contribution in [0.5, 0.6) is 0 Å². The first-order valence-electron chi connectivity index (χ1n) is 12.1. The molecule has 8 nitrogen and oxygen atoms in total. The Morgan fingerprint density at radius 1 is 1.14 bits per heavy atom. The third-order valence-electron chi connectivity index (χ3n) is 6.53. The molecule has 2 aromatic rings. The van der Waals surface area contributed by atoms with Crippen LogP contribution >= 0.6 is 11.6 Å². The minimum Gasteiger partial charge on any atom is -0.351 e.